The Hall–Kier alpha value is -1.51. The van der Waals surface area contributed by atoms with E-state index < -0.39 is 0 Å². The van der Waals surface area contributed by atoms with Gasteiger partial charge in [-0.3, -0.25) is 4.79 Å². The first kappa shape index (κ1) is 12.9. The van der Waals surface area contributed by atoms with E-state index in [2.05, 4.69) is 12.2 Å². The van der Waals surface area contributed by atoms with Crippen LogP contribution in [0.2, 0.25) is 0 Å². The van der Waals surface area contributed by atoms with Gasteiger partial charge in [0.05, 0.1) is 5.56 Å². The van der Waals surface area contributed by atoms with E-state index in [1.807, 2.05) is 12.1 Å². The van der Waals surface area contributed by atoms with Crippen LogP contribution in [0.1, 0.15) is 49.4 Å². The van der Waals surface area contributed by atoms with E-state index in [-0.39, 0.29) is 5.91 Å². The van der Waals surface area contributed by atoms with E-state index in [9.17, 15) is 4.79 Å². The summed E-state index contributed by atoms with van der Waals surface area (Å²) < 4.78 is 0. The number of para-hydroxylation sites is 1. The highest BCUT2D eigenvalue weighted by Gasteiger charge is 2.25. The molecule has 1 aromatic rings. The molecule has 3 heteroatoms. The minimum absolute atomic E-state index is 0.0292. The van der Waals surface area contributed by atoms with E-state index in [1.165, 1.54) is 19.3 Å². The Kier molecular flexibility index (Phi) is 4.24. The second-order valence-corrected chi connectivity index (χ2v) is 5.12. The molecule has 1 amide bonds. The number of nitrogens with two attached hydrogens (primary N) is 1. The quantitative estimate of drug-likeness (QED) is 0.806. The molecule has 0 saturated heterocycles. The molecule has 3 nitrogen and oxygen atoms in total. The van der Waals surface area contributed by atoms with Crippen molar-refractivity contribution in [2.45, 2.75) is 45.1 Å². The average Bonchev–Trinajstić information content (AvgIpc) is 2.39. The number of hydrogen-bond acceptors (Lipinski definition) is 2. The zero-order valence-corrected chi connectivity index (χ0v) is 11.0. The highest BCUT2D eigenvalue weighted by Crippen LogP contribution is 2.27. The van der Waals surface area contributed by atoms with Crippen LogP contribution >= 0.6 is 0 Å². The predicted molar refractivity (Wildman–Crippen MR) is 74.4 cm³/mol. The van der Waals surface area contributed by atoms with Gasteiger partial charge in [0.1, 0.15) is 0 Å². The van der Waals surface area contributed by atoms with Crippen molar-refractivity contribution in [2.24, 2.45) is 5.92 Å². The number of nitrogen functional groups attached to an aromatic ring is 1. The molecule has 0 bridgehead atoms. The summed E-state index contributed by atoms with van der Waals surface area (Å²) in [6, 6.07) is 7.57. The van der Waals surface area contributed by atoms with Crippen molar-refractivity contribution in [1.29, 1.82) is 0 Å². The number of anilines is 1. The molecule has 0 radical (unpaired) electrons. The van der Waals surface area contributed by atoms with Gasteiger partial charge < -0.3 is 11.1 Å². The molecule has 1 aliphatic rings. The lowest BCUT2D eigenvalue weighted by atomic mass is 9.83. The fourth-order valence-electron chi connectivity index (χ4n) is 2.84. The van der Waals surface area contributed by atoms with Crippen molar-refractivity contribution in [2.75, 3.05) is 5.73 Å². The molecule has 0 aliphatic heterocycles. The Morgan fingerprint density at radius 2 is 2.06 bits per heavy atom. The average molecular weight is 246 g/mol. The highest BCUT2D eigenvalue weighted by molar-refractivity contribution is 5.99. The number of carbonyl (C=O) groups is 1. The van der Waals surface area contributed by atoms with Crippen LogP contribution in [0.15, 0.2) is 24.3 Å². The van der Waals surface area contributed by atoms with Gasteiger partial charge in [0.25, 0.3) is 5.91 Å². The second kappa shape index (κ2) is 5.89. The monoisotopic (exact) mass is 246 g/mol. The van der Waals surface area contributed by atoms with Crippen LogP contribution in [0.3, 0.4) is 0 Å². The normalized spacial score (nSPS) is 23.6. The van der Waals surface area contributed by atoms with Gasteiger partial charge in [0.2, 0.25) is 0 Å². The molecule has 18 heavy (non-hydrogen) atoms. The van der Waals surface area contributed by atoms with Crippen LogP contribution < -0.4 is 11.1 Å². The molecule has 0 heterocycles. The first-order valence-electron chi connectivity index (χ1n) is 6.87. The zero-order valence-electron chi connectivity index (χ0n) is 11.0. The van der Waals surface area contributed by atoms with Crippen molar-refractivity contribution in [3.8, 4) is 0 Å². The largest absolute Gasteiger partial charge is 0.398 e. The first-order valence-corrected chi connectivity index (χ1v) is 6.87. The van der Waals surface area contributed by atoms with Gasteiger partial charge in [0, 0.05) is 11.7 Å². The third kappa shape index (κ3) is 2.84. The van der Waals surface area contributed by atoms with Crippen LogP contribution in [0.4, 0.5) is 5.69 Å². The van der Waals surface area contributed by atoms with Crippen molar-refractivity contribution >= 4 is 11.6 Å². The standard InChI is InChI=1S/C15H22N2O/c1-2-11-7-3-6-10-14(11)17-15(18)12-8-4-5-9-13(12)16/h4-5,8-9,11,14H,2-3,6-7,10,16H2,1H3,(H,17,18). The van der Waals surface area contributed by atoms with Crippen molar-refractivity contribution in [3.05, 3.63) is 29.8 Å². The van der Waals surface area contributed by atoms with Crippen LogP contribution in [-0.4, -0.2) is 11.9 Å². The summed E-state index contributed by atoms with van der Waals surface area (Å²) in [5.41, 5.74) is 6.98. The minimum atomic E-state index is -0.0292. The van der Waals surface area contributed by atoms with Crippen LogP contribution in [-0.2, 0) is 0 Å². The van der Waals surface area contributed by atoms with Crippen LogP contribution in [0.25, 0.3) is 0 Å². The maximum atomic E-state index is 12.2. The summed E-state index contributed by atoms with van der Waals surface area (Å²) >= 11 is 0. The molecule has 2 rings (SSSR count). The Morgan fingerprint density at radius 1 is 1.33 bits per heavy atom. The lowest BCUT2D eigenvalue weighted by Crippen LogP contribution is -2.42. The van der Waals surface area contributed by atoms with E-state index in [1.54, 1.807) is 12.1 Å². The molecule has 3 N–H and O–H groups in total. The van der Waals surface area contributed by atoms with Gasteiger partial charge in [-0.05, 0) is 30.9 Å². The number of nitrogens with one attached hydrogen (secondary N) is 1. The van der Waals surface area contributed by atoms with E-state index >= 15 is 0 Å². The first-order chi connectivity index (χ1) is 8.72. The summed E-state index contributed by atoms with van der Waals surface area (Å²) in [5.74, 6) is 0.589. The fourth-order valence-corrected chi connectivity index (χ4v) is 2.84. The Morgan fingerprint density at radius 3 is 2.78 bits per heavy atom. The third-order valence-corrected chi connectivity index (χ3v) is 3.96. The summed E-state index contributed by atoms with van der Waals surface area (Å²) in [6.07, 6.45) is 5.96. The molecular weight excluding hydrogens is 224 g/mol. The van der Waals surface area contributed by atoms with Gasteiger partial charge in [-0.25, -0.2) is 0 Å². The summed E-state index contributed by atoms with van der Waals surface area (Å²) in [7, 11) is 0. The predicted octanol–water partition coefficient (Wildman–Crippen LogP) is 2.97. The number of benzene rings is 1. The summed E-state index contributed by atoms with van der Waals surface area (Å²) in [5, 5.41) is 3.16. The molecule has 0 aromatic heterocycles. The van der Waals surface area contributed by atoms with E-state index in [4.69, 9.17) is 5.73 Å². The minimum Gasteiger partial charge on any atom is -0.398 e. The molecular formula is C15H22N2O. The fraction of sp³-hybridized carbons (Fsp3) is 0.533. The molecule has 98 valence electrons. The Labute approximate surface area is 109 Å². The molecule has 1 saturated carbocycles. The zero-order chi connectivity index (χ0) is 13.0. The van der Waals surface area contributed by atoms with Gasteiger partial charge in [-0.15, -0.1) is 0 Å². The number of hydrogen-bond donors (Lipinski definition) is 2. The summed E-state index contributed by atoms with van der Waals surface area (Å²) in [4.78, 5) is 12.2. The maximum absolute atomic E-state index is 12.2. The maximum Gasteiger partial charge on any atom is 0.253 e. The van der Waals surface area contributed by atoms with Gasteiger partial charge in [-0.2, -0.15) is 0 Å². The molecule has 2 atom stereocenters. The number of rotatable bonds is 3. The van der Waals surface area contributed by atoms with Gasteiger partial charge >= 0.3 is 0 Å². The lowest BCUT2D eigenvalue weighted by molar-refractivity contribution is 0.0905. The SMILES string of the molecule is CCC1CCCCC1NC(=O)c1ccccc1N. The second-order valence-electron chi connectivity index (χ2n) is 5.12. The number of carbonyl (C=O) groups excluding carboxylic acids is 1. The molecule has 1 aliphatic carbocycles. The Bertz CT molecular complexity index is 417. The van der Waals surface area contributed by atoms with Crippen LogP contribution in [0.5, 0.6) is 0 Å². The topological polar surface area (TPSA) is 55.1 Å². The van der Waals surface area contributed by atoms with Crippen LogP contribution in [0, 0.1) is 5.92 Å². The third-order valence-electron chi connectivity index (χ3n) is 3.96. The molecule has 1 aromatic carbocycles. The van der Waals surface area contributed by atoms with Gasteiger partial charge in [-0.1, -0.05) is 38.3 Å². The van der Waals surface area contributed by atoms with E-state index in [0.29, 0.717) is 23.2 Å². The highest BCUT2D eigenvalue weighted by atomic mass is 16.1. The lowest BCUT2D eigenvalue weighted by Gasteiger charge is -2.31. The Balaban J connectivity index is 2.04. The van der Waals surface area contributed by atoms with Crippen molar-refractivity contribution in [3.63, 3.8) is 0 Å². The van der Waals surface area contributed by atoms with Crippen molar-refractivity contribution < 1.29 is 4.79 Å². The van der Waals surface area contributed by atoms with Crippen molar-refractivity contribution in [1.82, 2.24) is 5.32 Å². The molecule has 0 spiro atoms. The molecule has 2 unspecified atom stereocenters. The molecule has 1 fully saturated rings. The van der Waals surface area contributed by atoms with Gasteiger partial charge in [0.15, 0.2) is 0 Å². The summed E-state index contributed by atoms with van der Waals surface area (Å²) in [6.45, 7) is 2.20. The van der Waals surface area contributed by atoms with E-state index in [0.717, 1.165) is 12.8 Å². The number of amides is 1. The smallest absolute Gasteiger partial charge is 0.253 e.